The van der Waals surface area contributed by atoms with Crippen molar-refractivity contribution in [2.45, 2.75) is 38.6 Å². The van der Waals surface area contributed by atoms with Crippen LogP contribution in [-0.4, -0.2) is 25.1 Å². The Hall–Kier alpha value is -0.610. The van der Waals surface area contributed by atoms with Gasteiger partial charge in [0.25, 0.3) is 0 Å². The minimum absolute atomic E-state index is 0.525. The van der Waals surface area contributed by atoms with Gasteiger partial charge in [-0.15, -0.1) is 0 Å². The first-order valence-electron chi connectivity index (χ1n) is 4.97. The summed E-state index contributed by atoms with van der Waals surface area (Å²) in [4.78, 5) is 4.40. The second kappa shape index (κ2) is 5.94. The van der Waals surface area contributed by atoms with E-state index in [1.807, 2.05) is 0 Å². The van der Waals surface area contributed by atoms with Crippen molar-refractivity contribution in [3.05, 3.63) is 0 Å². The van der Waals surface area contributed by atoms with Gasteiger partial charge in [-0.2, -0.15) is 0 Å². The highest BCUT2D eigenvalue weighted by Gasteiger charge is 2.20. The molecule has 1 aliphatic rings. The number of hydrogen-bond acceptors (Lipinski definition) is 3. The Kier molecular flexibility index (Phi) is 4.78. The number of hydrogen-bond donors (Lipinski definition) is 2. The summed E-state index contributed by atoms with van der Waals surface area (Å²) in [5, 5.41) is 0. The van der Waals surface area contributed by atoms with Crippen LogP contribution in [0.15, 0.2) is 4.99 Å². The third-order valence-electron chi connectivity index (χ3n) is 1.88. The number of amidine groups is 1. The molecule has 0 radical (unpaired) electrons. The van der Waals surface area contributed by atoms with Crippen molar-refractivity contribution in [1.82, 2.24) is 5.43 Å². The molecule has 0 saturated heterocycles. The molecular formula is C9H19N3O. The zero-order valence-electron chi connectivity index (χ0n) is 8.25. The molecule has 1 rings (SSSR count). The van der Waals surface area contributed by atoms with Crippen LogP contribution in [0.3, 0.4) is 0 Å². The van der Waals surface area contributed by atoms with Gasteiger partial charge in [0.1, 0.15) is 5.84 Å². The summed E-state index contributed by atoms with van der Waals surface area (Å²) < 4.78 is 5.34. The third kappa shape index (κ3) is 4.85. The van der Waals surface area contributed by atoms with Gasteiger partial charge < -0.3 is 10.2 Å². The van der Waals surface area contributed by atoms with Gasteiger partial charge in [-0.05, 0) is 19.3 Å². The zero-order valence-corrected chi connectivity index (χ0v) is 8.25. The van der Waals surface area contributed by atoms with Crippen LogP contribution in [0.5, 0.6) is 0 Å². The molecule has 0 atom stereocenters. The Labute approximate surface area is 79.5 Å². The Bertz CT molecular complexity index is 166. The molecule has 13 heavy (non-hydrogen) atoms. The number of ether oxygens (including phenoxy) is 1. The Morgan fingerprint density at radius 1 is 1.54 bits per heavy atom. The minimum Gasteiger partial charge on any atom is -0.381 e. The molecule has 0 aliphatic heterocycles. The molecule has 4 nitrogen and oxygen atoms in total. The fourth-order valence-electron chi connectivity index (χ4n) is 1.01. The van der Waals surface area contributed by atoms with Crippen LogP contribution in [-0.2, 0) is 4.74 Å². The van der Waals surface area contributed by atoms with Crippen LogP contribution in [0.4, 0.5) is 0 Å². The van der Waals surface area contributed by atoms with Crippen molar-refractivity contribution in [1.29, 1.82) is 0 Å². The summed E-state index contributed by atoms with van der Waals surface area (Å²) in [6.07, 6.45) is 4.28. The van der Waals surface area contributed by atoms with Gasteiger partial charge in [0.15, 0.2) is 0 Å². The number of nitrogens with zero attached hydrogens (tertiary/aromatic N) is 1. The van der Waals surface area contributed by atoms with E-state index in [1.54, 1.807) is 0 Å². The zero-order chi connectivity index (χ0) is 9.52. The van der Waals surface area contributed by atoms with Crippen molar-refractivity contribution < 1.29 is 4.74 Å². The quantitative estimate of drug-likeness (QED) is 0.212. The molecule has 0 aromatic carbocycles. The fraction of sp³-hybridized carbons (Fsp3) is 0.889. The summed E-state index contributed by atoms with van der Waals surface area (Å²) in [5.41, 5.74) is 2.62. The van der Waals surface area contributed by atoms with Crippen LogP contribution < -0.4 is 11.3 Å². The Balaban J connectivity index is 2.08. The number of nitrogens with two attached hydrogens (primary N) is 1. The maximum Gasteiger partial charge on any atom is 0.113 e. The number of hydrazine groups is 1. The molecule has 1 saturated carbocycles. The van der Waals surface area contributed by atoms with Gasteiger partial charge in [0, 0.05) is 13.0 Å². The first-order chi connectivity index (χ1) is 6.36. The summed E-state index contributed by atoms with van der Waals surface area (Å²) >= 11 is 0. The molecule has 4 heteroatoms. The predicted molar refractivity (Wildman–Crippen MR) is 53.5 cm³/mol. The summed E-state index contributed by atoms with van der Waals surface area (Å²) in [6, 6.07) is 0.525. The van der Waals surface area contributed by atoms with E-state index in [4.69, 9.17) is 10.6 Å². The van der Waals surface area contributed by atoms with E-state index < -0.39 is 0 Å². The monoisotopic (exact) mass is 185 g/mol. The molecule has 0 amide bonds. The van der Waals surface area contributed by atoms with Crippen LogP contribution in [0, 0.1) is 0 Å². The van der Waals surface area contributed by atoms with E-state index in [1.165, 1.54) is 12.8 Å². The normalized spacial score (nSPS) is 17.5. The van der Waals surface area contributed by atoms with Gasteiger partial charge >= 0.3 is 0 Å². The SMILES string of the molecule is CCCOCCC(=NC1CC1)NN. The number of aliphatic imine (C=N–C) groups is 1. The van der Waals surface area contributed by atoms with E-state index >= 15 is 0 Å². The standard InChI is InChI=1S/C9H19N3O/c1-2-6-13-7-5-9(12-10)11-8-3-4-8/h8H,2-7,10H2,1H3,(H,11,12). The molecule has 1 fully saturated rings. The Morgan fingerprint density at radius 3 is 2.85 bits per heavy atom. The van der Waals surface area contributed by atoms with Crippen molar-refractivity contribution >= 4 is 5.84 Å². The fourth-order valence-corrected chi connectivity index (χ4v) is 1.01. The summed E-state index contributed by atoms with van der Waals surface area (Å²) in [7, 11) is 0. The van der Waals surface area contributed by atoms with E-state index in [-0.39, 0.29) is 0 Å². The number of rotatable bonds is 6. The predicted octanol–water partition coefficient (Wildman–Crippen LogP) is 0.827. The maximum absolute atomic E-state index is 5.34. The summed E-state index contributed by atoms with van der Waals surface area (Å²) in [5.74, 6) is 6.20. The summed E-state index contributed by atoms with van der Waals surface area (Å²) in [6.45, 7) is 3.63. The lowest BCUT2D eigenvalue weighted by Gasteiger charge is -2.05. The van der Waals surface area contributed by atoms with Crippen LogP contribution in [0.1, 0.15) is 32.6 Å². The molecule has 0 aromatic heterocycles. The van der Waals surface area contributed by atoms with Crippen molar-refractivity contribution in [3.8, 4) is 0 Å². The molecule has 0 spiro atoms. The Morgan fingerprint density at radius 2 is 2.31 bits per heavy atom. The van der Waals surface area contributed by atoms with Gasteiger partial charge in [-0.25, -0.2) is 5.84 Å². The molecular weight excluding hydrogens is 166 g/mol. The van der Waals surface area contributed by atoms with Crippen molar-refractivity contribution in [3.63, 3.8) is 0 Å². The molecule has 76 valence electrons. The molecule has 0 bridgehead atoms. The van der Waals surface area contributed by atoms with E-state index in [2.05, 4.69) is 17.3 Å². The highest BCUT2D eigenvalue weighted by molar-refractivity contribution is 5.81. The highest BCUT2D eigenvalue weighted by atomic mass is 16.5. The third-order valence-corrected chi connectivity index (χ3v) is 1.88. The molecule has 0 unspecified atom stereocenters. The lowest BCUT2D eigenvalue weighted by molar-refractivity contribution is 0.141. The van der Waals surface area contributed by atoms with Gasteiger partial charge in [-0.1, -0.05) is 6.92 Å². The second-order valence-corrected chi connectivity index (χ2v) is 3.31. The van der Waals surface area contributed by atoms with E-state index in [0.717, 1.165) is 25.3 Å². The average Bonchev–Trinajstić information content (AvgIpc) is 2.94. The van der Waals surface area contributed by atoms with Gasteiger partial charge in [-0.3, -0.25) is 4.99 Å². The first-order valence-corrected chi connectivity index (χ1v) is 4.97. The first kappa shape index (κ1) is 10.5. The molecule has 0 aromatic rings. The average molecular weight is 185 g/mol. The van der Waals surface area contributed by atoms with E-state index in [0.29, 0.717) is 12.6 Å². The van der Waals surface area contributed by atoms with Crippen LogP contribution in [0.25, 0.3) is 0 Å². The largest absolute Gasteiger partial charge is 0.381 e. The maximum atomic E-state index is 5.34. The van der Waals surface area contributed by atoms with Crippen LogP contribution >= 0.6 is 0 Å². The second-order valence-electron chi connectivity index (χ2n) is 3.31. The smallest absolute Gasteiger partial charge is 0.113 e. The molecule has 0 heterocycles. The van der Waals surface area contributed by atoms with E-state index in [9.17, 15) is 0 Å². The molecule has 3 N–H and O–H groups in total. The molecule has 1 aliphatic carbocycles. The number of nitrogens with one attached hydrogen (secondary N) is 1. The van der Waals surface area contributed by atoms with Crippen LogP contribution in [0.2, 0.25) is 0 Å². The minimum atomic E-state index is 0.525. The van der Waals surface area contributed by atoms with Gasteiger partial charge in [0.05, 0.1) is 12.6 Å². The van der Waals surface area contributed by atoms with Crippen molar-refractivity contribution in [2.24, 2.45) is 10.8 Å². The highest BCUT2D eigenvalue weighted by Crippen LogP contribution is 2.23. The topological polar surface area (TPSA) is 59.6 Å². The lowest BCUT2D eigenvalue weighted by Crippen LogP contribution is -2.31. The van der Waals surface area contributed by atoms with Gasteiger partial charge in [0.2, 0.25) is 0 Å². The lowest BCUT2D eigenvalue weighted by atomic mass is 10.4. The van der Waals surface area contributed by atoms with Crippen molar-refractivity contribution in [2.75, 3.05) is 13.2 Å².